The van der Waals surface area contributed by atoms with Gasteiger partial charge < -0.3 is 10.6 Å². The van der Waals surface area contributed by atoms with E-state index >= 15 is 0 Å². The summed E-state index contributed by atoms with van der Waals surface area (Å²) in [7, 11) is 0. The van der Waals surface area contributed by atoms with Gasteiger partial charge in [0.25, 0.3) is 0 Å². The number of benzene rings is 1. The van der Waals surface area contributed by atoms with Crippen LogP contribution in [0.25, 0.3) is 0 Å². The Labute approximate surface area is 172 Å². The number of guanidine groups is 1. The molecule has 0 saturated heterocycles. The zero-order valence-electron chi connectivity index (χ0n) is 15.5. The standard InChI is InChI=1S/C19H28N4S.HI/c1-5-17-12-21-18(24-17)13-22-19(20-6-2)23-15(4)14(3)16-10-8-7-9-11-16;/h7-12,14-15H,5-6,13H2,1-4H3,(H2,20,22,23);1H. The Hall–Kier alpha value is -1.15. The van der Waals surface area contributed by atoms with E-state index in [2.05, 4.69) is 78.6 Å². The lowest BCUT2D eigenvalue weighted by molar-refractivity contribution is 0.550. The molecule has 2 rings (SSSR count). The number of hydrogen-bond acceptors (Lipinski definition) is 3. The van der Waals surface area contributed by atoms with E-state index in [0.717, 1.165) is 23.9 Å². The summed E-state index contributed by atoms with van der Waals surface area (Å²) in [5.41, 5.74) is 1.33. The summed E-state index contributed by atoms with van der Waals surface area (Å²) >= 11 is 1.74. The second-order valence-corrected chi connectivity index (χ2v) is 7.10. The molecule has 0 amide bonds. The highest BCUT2D eigenvalue weighted by Crippen LogP contribution is 2.18. The Morgan fingerprint density at radius 2 is 1.92 bits per heavy atom. The number of aliphatic imine (C=N–C) groups is 1. The molecule has 0 aliphatic heterocycles. The molecule has 2 atom stereocenters. The van der Waals surface area contributed by atoms with Crippen molar-refractivity contribution in [2.45, 2.75) is 52.6 Å². The minimum atomic E-state index is 0. The number of aromatic nitrogens is 1. The third-order valence-electron chi connectivity index (χ3n) is 4.11. The first kappa shape index (κ1) is 21.9. The Morgan fingerprint density at radius 3 is 2.52 bits per heavy atom. The van der Waals surface area contributed by atoms with E-state index in [1.807, 2.05) is 6.20 Å². The maximum Gasteiger partial charge on any atom is 0.191 e. The monoisotopic (exact) mass is 472 g/mol. The average Bonchev–Trinajstić information content (AvgIpc) is 3.08. The predicted molar refractivity (Wildman–Crippen MR) is 119 cm³/mol. The zero-order valence-corrected chi connectivity index (χ0v) is 18.6. The van der Waals surface area contributed by atoms with Crippen LogP contribution in [0, 0.1) is 0 Å². The first-order chi connectivity index (χ1) is 11.6. The van der Waals surface area contributed by atoms with Crippen LogP contribution in [-0.4, -0.2) is 23.5 Å². The van der Waals surface area contributed by atoms with Gasteiger partial charge in [-0.05, 0) is 25.8 Å². The van der Waals surface area contributed by atoms with Crippen molar-refractivity contribution in [1.29, 1.82) is 0 Å². The minimum Gasteiger partial charge on any atom is -0.357 e. The van der Waals surface area contributed by atoms with Crippen LogP contribution in [0.3, 0.4) is 0 Å². The number of halogens is 1. The van der Waals surface area contributed by atoms with Crippen molar-refractivity contribution >= 4 is 41.3 Å². The molecule has 0 saturated carbocycles. The molecule has 1 aromatic heterocycles. The molecule has 2 aromatic rings. The minimum absolute atomic E-state index is 0. The van der Waals surface area contributed by atoms with Gasteiger partial charge >= 0.3 is 0 Å². The molecule has 0 aliphatic carbocycles. The summed E-state index contributed by atoms with van der Waals surface area (Å²) in [6.07, 6.45) is 2.99. The van der Waals surface area contributed by atoms with Crippen LogP contribution in [0.5, 0.6) is 0 Å². The lowest BCUT2D eigenvalue weighted by atomic mass is 9.94. The van der Waals surface area contributed by atoms with E-state index in [1.165, 1.54) is 10.4 Å². The van der Waals surface area contributed by atoms with Crippen LogP contribution in [0.1, 0.15) is 49.1 Å². The quantitative estimate of drug-likeness (QED) is 0.353. The Bertz CT molecular complexity index is 642. The van der Waals surface area contributed by atoms with E-state index in [1.54, 1.807) is 11.3 Å². The van der Waals surface area contributed by atoms with Gasteiger partial charge in [-0.3, -0.25) is 0 Å². The molecule has 4 nitrogen and oxygen atoms in total. The molecule has 1 aromatic carbocycles. The number of aryl methyl sites for hydroxylation is 1. The second kappa shape index (κ2) is 11.5. The highest BCUT2D eigenvalue weighted by atomic mass is 127. The molecule has 0 radical (unpaired) electrons. The molecule has 2 N–H and O–H groups in total. The lowest BCUT2D eigenvalue weighted by Crippen LogP contribution is -2.44. The Kier molecular flexibility index (Phi) is 10.0. The summed E-state index contributed by atoms with van der Waals surface area (Å²) < 4.78 is 0. The maximum absolute atomic E-state index is 4.69. The molecule has 0 fully saturated rings. The summed E-state index contributed by atoms with van der Waals surface area (Å²) in [4.78, 5) is 10.4. The summed E-state index contributed by atoms with van der Waals surface area (Å²) in [5.74, 6) is 1.25. The average molecular weight is 472 g/mol. The van der Waals surface area contributed by atoms with E-state index < -0.39 is 0 Å². The normalized spacial score (nSPS) is 13.7. The molecular weight excluding hydrogens is 443 g/mol. The highest BCUT2D eigenvalue weighted by molar-refractivity contribution is 14.0. The molecular formula is C19H29IN4S. The topological polar surface area (TPSA) is 49.3 Å². The van der Waals surface area contributed by atoms with Crippen molar-refractivity contribution in [3.8, 4) is 0 Å². The summed E-state index contributed by atoms with van der Waals surface area (Å²) in [5, 5.41) is 7.91. The third kappa shape index (κ3) is 6.93. The van der Waals surface area contributed by atoms with Gasteiger partial charge in [0.05, 0.1) is 6.54 Å². The van der Waals surface area contributed by atoms with Crippen molar-refractivity contribution in [3.05, 3.63) is 52.0 Å². The fraction of sp³-hybridized carbons (Fsp3) is 0.474. The number of thiazole rings is 1. The molecule has 1 heterocycles. The third-order valence-corrected chi connectivity index (χ3v) is 5.23. The molecule has 25 heavy (non-hydrogen) atoms. The van der Waals surface area contributed by atoms with Gasteiger partial charge in [0.1, 0.15) is 5.01 Å². The molecule has 138 valence electrons. The zero-order chi connectivity index (χ0) is 17.4. The van der Waals surface area contributed by atoms with Gasteiger partial charge in [0.15, 0.2) is 5.96 Å². The second-order valence-electron chi connectivity index (χ2n) is 5.90. The van der Waals surface area contributed by atoms with Gasteiger partial charge in [-0.25, -0.2) is 9.98 Å². The van der Waals surface area contributed by atoms with Crippen molar-refractivity contribution in [1.82, 2.24) is 15.6 Å². The lowest BCUT2D eigenvalue weighted by Gasteiger charge is -2.24. The van der Waals surface area contributed by atoms with Gasteiger partial charge in [-0.2, -0.15) is 0 Å². The highest BCUT2D eigenvalue weighted by Gasteiger charge is 2.15. The number of nitrogens with zero attached hydrogens (tertiary/aromatic N) is 2. The van der Waals surface area contributed by atoms with Gasteiger partial charge in [-0.1, -0.05) is 44.2 Å². The van der Waals surface area contributed by atoms with Crippen LogP contribution in [-0.2, 0) is 13.0 Å². The van der Waals surface area contributed by atoms with Crippen molar-refractivity contribution in [2.75, 3.05) is 6.54 Å². The van der Waals surface area contributed by atoms with E-state index in [9.17, 15) is 0 Å². The Morgan fingerprint density at radius 1 is 1.20 bits per heavy atom. The van der Waals surface area contributed by atoms with E-state index in [-0.39, 0.29) is 30.0 Å². The SMILES string of the molecule is CCNC(=NCc1ncc(CC)s1)NC(C)C(C)c1ccccc1.I. The maximum atomic E-state index is 4.69. The van der Waals surface area contributed by atoms with Crippen molar-refractivity contribution in [2.24, 2.45) is 4.99 Å². The van der Waals surface area contributed by atoms with E-state index in [0.29, 0.717) is 12.5 Å². The number of rotatable bonds is 7. The van der Waals surface area contributed by atoms with Crippen LogP contribution in [0.4, 0.5) is 0 Å². The number of nitrogens with one attached hydrogen (secondary N) is 2. The van der Waals surface area contributed by atoms with Gasteiger partial charge in [-0.15, -0.1) is 35.3 Å². The Balaban J connectivity index is 0.00000312. The molecule has 0 spiro atoms. The smallest absolute Gasteiger partial charge is 0.191 e. The first-order valence-electron chi connectivity index (χ1n) is 8.67. The summed E-state index contributed by atoms with van der Waals surface area (Å²) in [6.45, 7) is 10.1. The first-order valence-corrected chi connectivity index (χ1v) is 9.49. The van der Waals surface area contributed by atoms with Crippen molar-refractivity contribution in [3.63, 3.8) is 0 Å². The van der Waals surface area contributed by atoms with Crippen molar-refractivity contribution < 1.29 is 0 Å². The molecule has 6 heteroatoms. The summed E-state index contributed by atoms with van der Waals surface area (Å²) in [6, 6.07) is 10.9. The number of hydrogen-bond donors (Lipinski definition) is 2. The molecule has 2 unspecified atom stereocenters. The largest absolute Gasteiger partial charge is 0.357 e. The van der Waals surface area contributed by atoms with Gasteiger partial charge in [0, 0.05) is 29.6 Å². The van der Waals surface area contributed by atoms with Crippen LogP contribution >= 0.6 is 35.3 Å². The molecule has 0 bridgehead atoms. The van der Waals surface area contributed by atoms with Crippen LogP contribution in [0.15, 0.2) is 41.5 Å². The van der Waals surface area contributed by atoms with Crippen LogP contribution in [0.2, 0.25) is 0 Å². The fourth-order valence-electron chi connectivity index (χ4n) is 2.44. The van der Waals surface area contributed by atoms with Gasteiger partial charge in [0.2, 0.25) is 0 Å². The van der Waals surface area contributed by atoms with Crippen LogP contribution < -0.4 is 10.6 Å². The molecule has 0 aliphatic rings. The predicted octanol–water partition coefficient (Wildman–Crippen LogP) is 4.57. The fourth-order valence-corrected chi connectivity index (χ4v) is 3.22. The van der Waals surface area contributed by atoms with E-state index in [4.69, 9.17) is 0 Å².